The molecule has 2 heterocycles. The van der Waals surface area contributed by atoms with Gasteiger partial charge in [-0.15, -0.1) is 11.3 Å². The number of nitrogens with one attached hydrogen (secondary N) is 3. The maximum Gasteiger partial charge on any atom is 0.279 e. The fourth-order valence-electron chi connectivity index (χ4n) is 4.20. The van der Waals surface area contributed by atoms with Crippen LogP contribution in [0.25, 0.3) is 10.9 Å². The number of carbonyl (C=O) groups excluding carboxylic acids is 2. The second kappa shape index (κ2) is 10.4. The second-order valence-corrected chi connectivity index (χ2v) is 10.2. The number of aromatic nitrogens is 2. The van der Waals surface area contributed by atoms with Crippen LogP contribution >= 0.6 is 23.6 Å². The van der Waals surface area contributed by atoms with Crippen LogP contribution in [-0.2, 0) is 24.2 Å². The Kier molecular flexibility index (Phi) is 7.39. The summed E-state index contributed by atoms with van der Waals surface area (Å²) in [5.74, 6) is 0.164. The third kappa shape index (κ3) is 5.59. The summed E-state index contributed by atoms with van der Waals surface area (Å²) in [5, 5.41) is 0.613. The maximum absolute atomic E-state index is 12.6. The number of aryl methyl sites for hydroxylation is 1. The largest absolute Gasteiger partial charge is 0.332 e. The van der Waals surface area contributed by atoms with Crippen LogP contribution in [0, 0.1) is 10.7 Å². The molecule has 1 aromatic carbocycles. The van der Waals surface area contributed by atoms with Gasteiger partial charge >= 0.3 is 0 Å². The molecule has 0 aliphatic heterocycles. The highest BCUT2D eigenvalue weighted by Crippen LogP contribution is 2.32. The van der Waals surface area contributed by atoms with E-state index in [2.05, 4.69) is 22.8 Å². The van der Waals surface area contributed by atoms with Crippen LogP contribution in [0.4, 0.5) is 0 Å². The summed E-state index contributed by atoms with van der Waals surface area (Å²) in [5.41, 5.74) is 6.94. The minimum atomic E-state index is -0.264. The molecule has 1 atom stereocenters. The maximum atomic E-state index is 12.6. The molecule has 1 unspecified atom stereocenters. The van der Waals surface area contributed by atoms with E-state index in [1.165, 1.54) is 21.8 Å². The lowest BCUT2D eigenvalue weighted by Gasteiger charge is -2.16. The van der Waals surface area contributed by atoms with E-state index in [4.69, 9.17) is 12.2 Å². The summed E-state index contributed by atoms with van der Waals surface area (Å²) in [6, 6.07) is 9.26. The molecule has 0 fully saturated rings. The predicted octanol–water partition coefficient (Wildman–Crippen LogP) is 4.27. The van der Waals surface area contributed by atoms with Gasteiger partial charge < -0.3 is 4.98 Å². The van der Waals surface area contributed by atoms with E-state index < -0.39 is 0 Å². The topological polar surface area (TPSA) is 96.0 Å². The lowest BCUT2D eigenvalue weighted by Crippen LogP contribution is -2.41. The molecular formula is C24H28N4O3S2. The molecular weight excluding hydrogens is 456 g/mol. The molecule has 0 saturated heterocycles. The van der Waals surface area contributed by atoms with E-state index in [9.17, 15) is 14.4 Å². The van der Waals surface area contributed by atoms with Crippen molar-refractivity contribution in [3.05, 3.63) is 60.8 Å². The number of benzene rings is 1. The number of unbranched alkanes of at least 4 members (excludes halogenated alkanes) is 2. The Morgan fingerprint density at radius 1 is 1.21 bits per heavy atom. The number of thiophene rings is 1. The first-order valence-corrected chi connectivity index (χ1v) is 12.6. The molecule has 3 aromatic rings. The molecule has 0 bridgehead atoms. The zero-order chi connectivity index (χ0) is 23.4. The molecule has 0 spiro atoms. The Morgan fingerprint density at radius 2 is 2.03 bits per heavy atom. The highest BCUT2D eigenvalue weighted by molar-refractivity contribution is 7.71. The van der Waals surface area contributed by atoms with Gasteiger partial charge in [-0.05, 0) is 74.0 Å². The molecule has 3 N–H and O–H groups in total. The van der Waals surface area contributed by atoms with Crippen LogP contribution in [0.15, 0.2) is 35.1 Å². The molecule has 2 amide bonds. The number of hydrogen-bond acceptors (Lipinski definition) is 5. The Bertz CT molecular complexity index is 1290. The number of carbonyl (C=O) groups is 2. The van der Waals surface area contributed by atoms with Gasteiger partial charge in [0.2, 0.25) is 5.91 Å². The van der Waals surface area contributed by atoms with Gasteiger partial charge in [0.15, 0.2) is 4.77 Å². The summed E-state index contributed by atoms with van der Waals surface area (Å²) >= 11 is 6.84. The van der Waals surface area contributed by atoms with Crippen molar-refractivity contribution in [2.45, 2.75) is 58.4 Å². The smallest absolute Gasteiger partial charge is 0.279 e. The van der Waals surface area contributed by atoms with E-state index in [1.807, 2.05) is 24.3 Å². The van der Waals surface area contributed by atoms with Crippen LogP contribution < -0.4 is 16.4 Å². The molecule has 4 rings (SSSR count). The number of hydrogen-bond donors (Lipinski definition) is 3. The quantitative estimate of drug-likeness (QED) is 0.265. The normalized spacial score (nSPS) is 15.2. The average molecular weight is 485 g/mol. The molecule has 2 aromatic heterocycles. The van der Waals surface area contributed by atoms with E-state index in [-0.39, 0.29) is 17.4 Å². The molecule has 7 nitrogen and oxygen atoms in total. The Balaban J connectivity index is 1.19. The minimum absolute atomic E-state index is 0.0977. The second-order valence-electron chi connectivity index (χ2n) is 8.65. The van der Waals surface area contributed by atoms with Gasteiger partial charge in [-0.3, -0.25) is 29.8 Å². The predicted molar refractivity (Wildman–Crippen MR) is 133 cm³/mol. The zero-order valence-electron chi connectivity index (χ0n) is 18.6. The highest BCUT2D eigenvalue weighted by atomic mass is 32.1. The molecule has 0 radical (unpaired) electrons. The van der Waals surface area contributed by atoms with Crippen LogP contribution in [-0.4, -0.2) is 21.4 Å². The summed E-state index contributed by atoms with van der Waals surface area (Å²) in [6.07, 6.45) is 5.66. The van der Waals surface area contributed by atoms with Crippen molar-refractivity contribution in [2.75, 3.05) is 0 Å². The van der Waals surface area contributed by atoms with Crippen molar-refractivity contribution < 1.29 is 9.59 Å². The average Bonchev–Trinajstić information content (AvgIpc) is 3.22. The van der Waals surface area contributed by atoms with Crippen molar-refractivity contribution in [2.24, 2.45) is 5.92 Å². The number of hydrazine groups is 1. The number of amides is 2. The van der Waals surface area contributed by atoms with Crippen LogP contribution in [0.1, 0.15) is 59.1 Å². The first-order valence-electron chi connectivity index (χ1n) is 11.3. The van der Waals surface area contributed by atoms with Gasteiger partial charge in [-0.1, -0.05) is 25.5 Å². The number of nitrogens with zero attached hydrogens (tertiary/aromatic N) is 1. The number of para-hydroxylation sites is 1. The lowest BCUT2D eigenvalue weighted by molar-refractivity contribution is -0.122. The van der Waals surface area contributed by atoms with Gasteiger partial charge in [0.25, 0.3) is 11.5 Å². The van der Waals surface area contributed by atoms with Crippen molar-refractivity contribution >= 4 is 46.3 Å². The molecule has 33 heavy (non-hydrogen) atoms. The van der Waals surface area contributed by atoms with E-state index in [0.29, 0.717) is 40.3 Å². The van der Waals surface area contributed by atoms with E-state index in [0.717, 1.165) is 37.6 Å². The Morgan fingerprint density at radius 3 is 2.88 bits per heavy atom. The summed E-state index contributed by atoms with van der Waals surface area (Å²) in [6.45, 7) is 2.73. The molecule has 0 saturated carbocycles. The van der Waals surface area contributed by atoms with Gasteiger partial charge in [-0.2, -0.15) is 0 Å². The number of aromatic amines is 1. The summed E-state index contributed by atoms with van der Waals surface area (Å²) in [7, 11) is 0. The van der Waals surface area contributed by atoms with Gasteiger partial charge in [0.1, 0.15) is 0 Å². The zero-order valence-corrected chi connectivity index (χ0v) is 20.2. The highest BCUT2D eigenvalue weighted by Gasteiger charge is 2.20. The van der Waals surface area contributed by atoms with Crippen molar-refractivity contribution in [3.63, 3.8) is 0 Å². The first-order chi connectivity index (χ1) is 15.9. The summed E-state index contributed by atoms with van der Waals surface area (Å²) < 4.78 is 1.98. The van der Waals surface area contributed by atoms with Gasteiger partial charge in [-0.25, -0.2) is 0 Å². The molecule has 9 heteroatoms. The van der Waals surface area contributed by atoms with Crippen LogP contribution in [0.3, 0.4) is 0 Å². The fraction of sp³-hybridized carbons (Fsp3) is 0.417. The minimum Gasteiger partial charge on any atom is -0.332 e. The van der Waals surface area contributed by atoms with E-state index >= 15 is 0 Å². The van der Waals surface area contributed by atoms with Crippen molar-refractivity contribution in [3.8, 4) is 0 Å². The summed E-state index contributed by atoms with van der Waals surface area (Å²) in [4.78, 5) is 42.1. The SMILES string of the molecule is CC1CCc2sc(C(=O)NNC(=O)CCCCCn3c(=S)[nH]c4ccccc4c3=O)cc2C1. The third-order valence-electron chi connectivity index (χ3n) is 6.04. The fourth-order valence-corrected chi connectivity index (χ4v) is 5.59. The Labute approximate surface area is 201 Å². The standard InChI is InChI=1S/C24H28N4O3S2/c1-15-10-11-19-16(13-15)14-20(33-19)22(30)27-26-21(29)9-3-2-6-12-28-23(31)17-7-4-5-8-18(17)25-24(28)32/h4-5,7-8,14-15H,2-3,6,9-13H2,1H3,(H,25,32)(H,26,29)(H,27,30). The lowest BCUT2D eigenvalue weighted by atomic mass is 9.90. The first kappa shape index (κ1) is 23.4. The molecule has 174 valence electrons. The number of fused-ring (bicyclic) bond motifs is 2. The van der Waals surface area contributed by atoms with Crippen LogP contribution in [0.5, 0.6) is 0 Å². The third-order valence-corrected chi connectivity index (χ3v) is 7.60. The van der Waals surface area contributed by atoms with E-state index in [1.54, 1.807) is 10.6 Å². The van der Waals surface area contributed by atoms with Gasteiger partial charge in [0, 0.05) is 17.8 Å². The van der Waals surface area contributed by atoms with Crippen LogP contribution in [0.2, 0.25) is 0 Å². The molecule has 1 aliphatic rings. The van der Waals surface area contributed by atoms with Crippen molar-refractivity contribution in [1.82, 2.24) is 20.4 Å². The monoisotopic (exact) mass is 484 g/mol. The number of rotatable bonds is 7. The van der Waals surface area contributed by atoms with Crippen molar-refractivity contribution in [1.29, 1.82) is 0 Å². The number of H-pyrrole nitrogens is 1. The Hall–Kier alpha value is -2.78. The van der Waals surface area contributed by atoms with Gasteiger partial charge in [0.05, 0.1) is 15.8 Å². The molecule has 1 aliphatic carbocycles.